The van der Waals surface area contributed by atoms with Crippen LogP contribution in [0.3, 0.4) is 0 Å². The second kappa shape index (κ2) is 5.37. The second-order valence-electron chi connectivity index (χ2n) is 5.01. The van der Waals surface area contributed by atoms with Gasteiger partial charge in [0.15, 0.2) is 0 Å². The highest BCUT2D eigenvalue weighted by Gasteiger charge is 2.26. The molecule has 0 atom stereocenters. The summed E-state index contributed by atoms with van der Waals surface area (Å²) in [7, 11) is 1.82. The topological polar surface area (TPSA) is 37.8 Å². The quantitative estimate of drug-likeness (QED) is 0.931. The lowest BCUT2D eigenvalue weighted by molar-refractivity contribution is 0.612. The smallest absolute Gasteiger partial charge is 0.145 e. The molecule has 3 nitrogen and oxygen atoms in total. The van der Waals surface area contributed by atoms with Gasteiger partial charge in [-0.2, -0.15) is 0 Å². The van der Waals surface area contributed by atoms with E-state index in [4.69, 9.17) is 11.6 Å². The van der Waals surface area contributed by atoms with Crippen LogP contribution in [0, 0.1) is 5.82 Å². The summed E-state index contributed by atoms with van der Waals surface area (Å²) >= 11 is 5.80. The Morgan fingerprint density at radius 2 is 2.15 bits per heavy atom. The van der Waals surface area contributed by atoms with Crippen molar-refractivity contribution in [1.29, 1.82) is 0 Å². The van der Waals surface area contributed by atoms with Crippen LogP contribution >= 0.6 is 11.6 Å². The fourth-order valence-corrected chi connectivity index (χ4v) is 2.36. The second-order valence-corrected chi connectivity index (χ2v) is 5.42. The highest BCUT2D eigenvalue weighted by molar-refractivity contribution is 6.30. The molecule has 2 aromatic rings. The molecular formula is C15H15ClFN3. The van der Waals surface area contributed by atoms with Crippen molar-refractivity contribution < 1.29 is 4.39 Å². The van der Waals surface area contributed by atoms with Crippen molar-refractivity contribution in [3.63, 3.8) is 0 Å². The van der Waals surface area contributed by atoms with E-state index in [1.807, 2.05) is 13.1 Å². The molecule has 1 fully saturated rings. The van der Waals surface area contributed by atoms with Crippen LogP contribution in [-0.2, 0) is 6.42 Å². The van der Waals surface area contributed by atoms with Crippen molar-refractivity contribution in [1.82, 2.24) is 9.97 Å². The zero-order valence-electron chi connectivity index (χ0n) is 11.2. The Bertz CT molecular complexity index is 641. The molecule has 1 aliphatic carbocycles. The molecule has 1 aromatic heterocycles. The van der Waals surface area contributed by atoms with Gasteiger partial charge in [0.2, 0.25) is 0 Å². The molecule has 20 heavy (non-hydrogen) atoms. The highest BCUT2D eigenvalue weighted by Crippen LogP contribution is 2.39. The van der Waals surface area contributed by atoms with Gasteiger partial charge in [-0.3, -0.25) is 0 Å². The SMILES string of the molecule is CNc1cc(C2CC2)nc(Cc2cccc(Cl)c2F)n1. The Kier molecular flexibility index (Phi) is 3.57. The fraction of sp³-hybridized carbons (Fsp3) is 0.333. The molecule has 1 heterocycles. The first-order chi connectivity index (χ1) is 9.67. The number of benzene rings is 1. The van der Waals surface area contributed by atoms with Crippen LogP contribution in [0.4, 0.5) is 10.2 Å². The van der Waals surface area contributed by atoms with Gasteiger partial charge in [-0.25, -0.2) is 14.4 Å². The summed E-state index contributed by atoms with van der Waals surface area (Å²) in [6, 6.07) is 6.97. The average molecular weight is 292 g/mol. The van der Waals surface area contributed by atoms with E-state index in [-0.39, 0.29) is 10.8 Å². The Balaban J connectivity index is 1.93. The number of aromatic nitrogens is 2. The third-order valence-electron chi connectivity index (χ3n) is 3.42. The van der Waals surface area contributed by atoms with E-state index in [2.05, 4.69) is 15.3 Å². The summed E-state index contributed by atoms with van der Waals surface area (Å²) in [6.07, 6.45) is 2.69. The van der Waals surface area contributed by atoms with Crippen LogP contribution in [-0.4, -0.2) is 17.0 Å². The summed E-state index contributed by atoms with van der Waals surface area (Å²) in [6.45, 7) is 0. The van der Waals surface area contributed by atoms with E-state index in [1.54, 1.807) is 18.2 Å². The van der Waals surface area contributed by atoms with Gasteiger partial charge in [0, 0.05) is 31.1 Å². The van der Waals surface area contributed by atoms with Crippen LogP contribution in [0.2, 0.25) is 5.02 Å². The van der Waals surface area contributed by atoms with Crippen LogP contribution < -0.4 is 5.32 Å². The summed E-state index contributed by atoms with van der Waals surface area (Å²) in [4.78, 5) is 8.94. The number of anilines is 1. The minimum atomic E-state index is -0.388. The van der Waals surface area contributed by atoms with Crippen molar-refractivity contribution in [2.24, 2.45) is 0 Å². The standard InChI is InChI=1S/C15H15ClFN3/c1-18-13-8-12(9-5-6-9)19-14(20-13)7-10-3-2-4-11(16)15(10)17/h2-4,8-9H,5-7H2,1H3,(H,18,19,20). The minimum absolute atomic E-state index is 0.134. The molecule has 0 bridgehead atoms. The van der Waals surface area contributed by atoms with Gasteiger partial charge < -0.3 is 5.32 Å². The van der Waals surface area contributed by atoms with Crippen LogP contribution in [0.5, 0.6) is 0 Å². The first-order valence-electron chi connectivity index (χ1n) is 6.66. The normalized spacial score (nSPS) is 14.3. The van der Waals surface area contributed by atoms with Crippen LogP contribution in [0.15, 0.2) is 24.3 Å². The molecule has 3 rings (SSSR count). The zero-order chi connectivity index (χ0) is 14.1. The van der Waals surface area contributed by atoms with Gasteiger partial charge in [-0.15, -0.1) is 0 Å². The zero-order valence-corrected chi connectivity index (χ0v) is 11.9. The molecule has 1 aromatic carbocycles. The predicted octanol–water partition coefficient (Wildman–Crippen LogP) is 3.78. The lowest BCUT2D eigenvalue weighted by atomic mass is 10.1. The summed E-state index contributed by atoms with van der Waals surface area (Å²) in [5.74, 6) is 1.55. The van der Waals surface area contributed by atoms with E-state index < -0.39 is 0 Å². The number of hydrogen-bond acceptors (Lipinski definition) is 3. The molecule has 5 heteroatoms. The molecule has 104 valence electrons. The van der Waals surface area contributed by atoms with Gasteiger partial charge in [-0.05, 0) is 24.5 Å². The highest BCUT2D eigenvalue weighted by atomic mass is 35.5. The van der Waals surface area contributed by atoms with Gasteiger partial charge in [0.1, 0.15) is 17.5 Å². The lowest BCUT2D eigenvalue weighted by Gasteiger charge is -2.08. The maximum Gasteiger partial charge on any atom is 0.145 e. The van der Waals surface area contributed by atoms with Crippen molar-refractivity contribution >= 4 is 17.4 Å². The molecule has 1 aliphatic rings. The van der Waals surface area contributed by atoms with E-state index in [0.717, 1.165) is 11.5 Å². The van der Waals surface area contributed by atoms with Gasteiger partial charge in [0.25, 0.3) is 0 Å². The number of hydrogen-bond donors (Lipinski definition) is 1. The van der Waals surface area contributed by atoms with Crippen LogP contribution in [0.1, 0.15) is 35.8 Å². The maximum absolute atomic E-state index is 13.9. The molecule has 0 unspecified atom stereocenters. The molecular weight excluding hydrogens is 277 g/mol. The molecule has 0 amide bonds. The molecule has 1 N–H and O–H groups in total. The predicted molar refractivity (Wildman–Crippen MR) is 77.8 cm³/mol. The Hall–Kier alpha value is -1.68. The fourth-order valence-electron chi connectivity index (χ4n) is 2.17. The third kappa shape index (κ3) is 2.75. The third-order valence-corrected chi connectivity index (χ3v) is 3.72. The van der Waals surface area contributed by atoms with Crippen LogP contribution in [0.25, 0.3) is 0 Å². The number of nitrogens with zero attached hydrogens (tertiary/aromatic N) is 2. The lowest BCUT2D eigenvalue weighted by Crippen LogP contribution is -2.05. The first-order valence-corrected chi connectivity index (χ1v) is 7.03. The number of rotatable bonds is 4. The summed E-state index contributed by atoms with van der Waals surface area (Å²) < 4.78 is 13.9. The number of halogens is 2. The molecule has 0 radical (unpaired) electrons. The number of nitrogens with one attached hydrogen (secondary N) is 1. The van der Waals surface area contributed by atoms with Gasteiger partial charge in [-0.1, -0.05) is 23.7 Å². The Morgan fingerprint density at radius 3 is 2.85 bits per heavy atom. The summed E-state index contributed by atoms with van der Waals surface area (Å²) in [5.41, 5.74) is 1.56. The van der Waals surface area contributed by atoms with E-state index >= 15 is 0 Å². The minimum Gasteiger partial charge on any atom is -0.373 e. The Morgan fingerprint density at radius 1 is 1.35 bits per heavy atom. The maximum atomic E-state index is 13.9. The monoisotopic (exact) mass is 291 g/mol. The van der Waals surface area contributed by atoms with E-state index in [9.17, 15) is 4.39 Å². The van der Waals surface area contributed by atoms with Crippen molar-refractivity contribution in [3.8, 4) is 0 Å². The molecule has 0 saturated heterocycles. The van der Waals surface area contributed by atoms with E-state index in [1.165, 1.54) is 12.8 Å². The average Bonchev–Trinajstić information content (AvgIpc) is 3.28. The largest absolute Gasteiger partial charge is 0.373 e. The Labute approximate surface area is 122 Å². The van der Waals surface area contributed by atoms with Crippen molar-refractivity contribution in [3.05, 3.63) is 52.2 Å². The molecule has 1 saturated carbocycles. The summed E-state index contributed by atoms with van der Waals surface area (Å²) in [5, 5.41) is 3.17. The first kappa shape index (κ1) is 13.3. The van der Waals surface area contributed by atoms with Crippen molar-refractivity contribution in [2.75, 3.05) is 12.4 Å². The van der Waals surface area contributed by atoms with Gasteiger partial charge >= 0.3 is 0 Å². The van der Waals surface area contributed by atoms with Gasteiger partial charge in [0.05, 0.1) is 5.02 Å². The molecule has 0 aliphatic heterocycles. The van der Waals surface area contributed by atoms with Crippen molar-refractivity contribution in [2.45, 2.75) is 25.2 Å². The molecule has 0 spiro atoms. The van der Waals surface area contributed by atoms with E-state index in [0.29, 0.717) is 23.7 Å².